The van der Waals surface area contributed by atoms with Crippen LogP contribution >= 0.6 is 0 Å². The second kappa shape index (κ2) is 7.79. The number of carbonyl (C=O) groups excluding carboxylic acids is 1. The number of nitrogens with one attached hydrogen (secondary N) is 2. The Kier molecular flexibility index (Phi) is 5.77. The second-order valence-corrected chi connectivity index (χ2v) is 5.67. The van der Waals surface area contributed by atoms with Gasteiger partial charge in [-0.15, -0.1) is 0 Å². The first-order chi connectivity index (χ1) is 10.6. The Morgan fingerprint density at radius 2 is 2.14 bits per heavy atom. The summed E-state index contributed by atoms with van der Waals surface area (Å²) in [6.45, 7) is 6.10. The van der Waals surface area contributed by atoms with Gasteiger partial charge in [-0.1, -0.05) is 26.0 Å². The third-order valence-electron chi connectivity index (χ3n) is 3.26. The van der Waals surface area contributed by atoms with Gasteiger partial charge in [-0.2, -0.15) is 0 Å². The maximum Gasteiger partial charge on any atom is 0.326 e. The number of ether oxygens (including phenoxy) is 1. The standard InChI is InChI=1S/C16H23N3O3/c1-12(2)11-22-10-7-15(20)17-8-9-19-14-6-4-3-5-13(14)18-16(19)21/h3-6,12H,7-11H2,1-2H3,(H,17,20)(H,18,21). The summed E-state index contributed by atoms with van der Waals surface area (Å²) in [5.74, 6) is 0.411. The average molecular weight is 305 g/mol. The summed E-state index contributed by atoms with van der Waals surface area (Å²) in [5.41, 5.74) is 1.50. The van der Waals surface area contributed by atoms with E-state index in [1.807, 2.05) is 24.3 Å². The quantitative estimate of drug-likeness (QED) is 0.726. The Hall–Kier alpha value is -2.08. The Bertz CT molecular complexity index is 673. The Balaban J connectivity index is 1.77. The van der Waals surface area contributed by atoms with Gasteiger partial charge in [-0.05, 0) is 18.1 Å². The fraction of sp³-hybridized carbons (Fsp3) is 0.500. The molecule has 22 heavy (non-hydrogen) atoms. The molecule has 120 valence electrons. The monoisotopic (exact) mass is 305 g/mol. The van der Waals surface area contributed by atoms with Crippen molar-refractivity contribution in [1.82, 2.24) is 14.9 Å². The van der Waals surface area contributed by atoms with Crippen molar-refractivity contribution in [3.05, 3.63) is 34.7 Å². The Labute approximate surface area is 129 Å². The van der Waals surface area contributed by atoms with E-state index in [1.54, 1.807) is 4.57 Å². The molecule has 1 aromatic carbocycles. The van der Waals surface area contributed by atoms with Crippen LogP contribution in [-0.4, -0.2) is 35.2 Å². The predicted molar refractivity (Wildman–Crippen MR) is 85.8 cm³/mol. The van der Waals surface area contributed by atoms with Crippen molar-refractivity contribution in [3.63, 3.8) is 0 Å². The molecule has 2 rings (SSSR count). The molecule has 1 aromatic heterocycles. The van der Waals surface area contributed by atoms with E-state index in [9.17, 15) is 9.59 Å². The van der Waals surface area contributed by atoms with Crippen molar-refractivity contribution < 1.29 is 9.53 Å². The number of amides is 1. The minimum absolute atomic E-state index is 0.0587. The van der Waals surface area contributed by atoms with Crippen LogP contribution in [0.2, 0.25) is 0 Å². The van der Waals surface area contributed by atoms with E-state index in [-0.39, 0.29) is 11.6 Å². The number of hydrogen-bond donors (Lipinski definition) is 2. The van der Waals surface area contributed by atoms with Crippen molar-refractivity contribution >= 4 is 16.9 Å². The SMILES string of the molecule is CC(C)COCCC(=O)NCCn1c(=O)[nH]c2ccccc21. The van der Waals surface area contributed by atoms with Gasteiger partial charge in [-0.25, -0.2) is 4.79 Å². The molecule has 6 heteroatoms. The van der Waals surface area contributed by atoms with Gasteiger partial charge in [0.2, 0.25) is 5.91 Å². The normalized spacial score (nSPS) is 11.2. The average Bonchev–Trinajstić information content (AvgIpc) is 2.80. The summed E-state index contributed by atoms with van der Waals surface area (Å²) < 4.78 is 7.00. The first-order valence-electron chi connectivity index (χ1n) is 7.60. The summed E-state index contributed by atoms with van der Waals surface area (Å²) in [7, 11) is 0. The van der Waals surface area contributed by atoms with Gasteiger partial charge in [0.15, 0.2) is 0 Å². The molecule has 0 atom stereocenters. The van der Waals surface area contributed by atoms with Gasteiger partial charge in [0.1, 0.15) is 0 Å². The van der Waals surface area contributed by atoms with Crippen molar-refractivity contribution in [1.29, 1.82) is 0 Å². The molecule has 0 aliphatic heterocycles. The molecule has 2 N–H and O–H groups in total. The lowest BCUT2D eigenvalue weighted by molar-refractivity contribution is -0.122. The van der Waals surface area contributed by atoms with Crippen molar-refractivity contribution in [2.75, 3.05) is 19.8 Å². The summed E-state index contributed by atoms with van der Waals surface area (Å²) >= 11 is 0. The second-order valence-electron chi connectivity index (χ2n) is 5.67. The number of fused-ring (bicyclic) bond motifs is 1. The number of imidazole rings is 1. The predicted octanol–water partition coefficient (Wildman–Crippen LogP) is 1.51. The molecule has 0 fully saturated rings. The van der Waals surface area contributed by atoms with Crippen LogP contribution in [-0.2, 0) is 16.1 Å². The van der Waals surface area contributed by atoms with E-state index in [2.05, 4.69) is 24.1 Å². The largest absolute Gasteiger partial charge is 0.381 e. The zero-order valence-corrected chi connectivity index (χ0v) is 13.1. The van der Waals surface area contributed by atoms with E-state index < -0.39 is 0 Å². The molecule has 0 aliphatic rings. The lowest BCUT2D eigenvalue weighted by Gasteiger charge is -2.08. The van der Waals surface area contributed by atoms with E-state index in [1.165, 1.54) is 0 Å². The fourth-order valence-electron chi connectivity index (χ4n) is 2.21. The first kappa shape index (κ1) is 16.3. The molecule has 1 amide bonds. The fourth-order valence-corrected chi connectivity index (χ4v) is 2.21. The van der Waals surface area contributed by atoms with Crippen LogP contribution in [0.25, 0.3) is 11.0 Å². The third kappa shape index (κ3) is 4.46. The third-order valence-corrected chi connectivity index (χ3v) is 3.26. The minimum atomic E-state index is -0.157. The number of benzene rings is 1. The summed E-state index contributed by atoms with van der Waals surface area (Å²) in [4.78, 5) is 26.3. The maximum absolute atomic E-state index is 11.9. The Morgan fingerprint density at radius 1 is 1.36 bits per heavy atom. The molecular weight excluding hydrogens is 282 g/mol. The van der Waals surface area contributed by atoms with Crippen LogP contribution in [0.1, 0.15) is 20.3 Å². The van der Waals surface area contributed by atoms with Gasteiger partial charge < -0.3 is 15.0 Å². The number of hydrogen-bond acceptors (Lipinski definition) is 3. The number of carbonyl (C=O) groups is 1. The lowest BCUT2D eigenvalue weighted by Crippen LogP contribution is -2.30. The van der Waals surface area contributed by atoms with Crippen molar-refractivity contribution in [2.45, 2.75) is 26.8 Å². The van der Waals surface area contributed by atoms with Gasteiger partial charge in [0.25, 0.3) is 0 Å². The molecular formula is C16H23N3O3. The highest BCUT2D eigenvalue weighted by Gasteiger charge is 2.06. The number of H-pyrrole nitrogens is 1. The lowest BCUT2D eigenvalue weighted by atomic mass is 10.2. The Morgan fingerprint density at radius 3 is 2.91 bits per heavy atom. The minimum Gasteiger partial charge on any atom is -0.381 e. The molecule has 6 nitrogen and oxygen atoms in total. The number of para-hydroxylation sites is 2. The number of aromatic amines is 1. The van der Waals surface area contributed by atoms with E-state index in [4.69, 9.17) is 4.74 Å². The van der Waals surface area contributed by atoms with Crippen molar-refractivity contribution in [3.8, 4) is 0 Å². The molecule has 2 aromatic rings. The molecule has 0 bridgehead atoms. The van der Waals surface area contributed by atoms with Crippen LogP contribution in [0.3, 0.4) is 0 Å². The summed E-state index contributed by atoms with van der Waals surface area (Å²) in [6, 6.07) is 7.50. The molecule has 0 spiro atoms. The molecule has 0 aliphatic carbocycles. The maximum atomic E-state index is 11.9. The van der Waals surface area contributed by atoms with E-state index in [0.29, 0.717) is 38.6 Å². The zero-order chi connectivity index (χ0) is 15.9. The molecule has 0 saturated carbocycles. The number of nitrogens with zero attached hydrogens (tertiary/aromatic N) is 1. The highest BCUT2D eigenvalue weighted by Crippen LogP contribution is 2.08. The van der Waals surface area contributed by atoms with E-state index in [0.717, 1.165) is 11.0 Å². The number of aromatic nitrogens is 2. The molecule has 0 saturated heterocycles. The molecule has 0 unspecified atom stereocenters. The van der Waals surface area contributed by atoms with Crippen LogP contribution in [0, 0.1) is 5.92 Å². The first-order valence-corrected chi connectivity index (χ1v) is 7.60. The van der Waals surface area contributed by atoms with Crippen LogP contribution in [0.15, 0.2) is 29.1 Å². The van der Waals surface area contributed by atoms with Gasteiger partial charge in [0.05, 0.1) is 17.6 Å². The van der Waals surface area contributed by atoms with Gasteiger partial charge in [0, 0.05) is 26.1 Å². The van der Waals surface area contributed by atoms with Gasteiger partial charge >= 0.3 is 5.69 Å². The molecule has 0 radical (unpaired) electrons. The van der Waals surface area contributed by atoms with Crippen LogP contribution in [0.4, 0.5) is 0 Å². The zero-order valence-electron chi connectivity index (χ0n) is 13.1. The highest BCUT2D eigenvalue weighted by molar-refractivity contribution is 5.76. The van der Waals surface area contributed by atoms with Crippen LogP contribution < -0.4 is 11.0 Å². The topological polar surface area (TPSA) is 76.1 Å². The summed E-state index contributed by atoms with van der Waals surface area (Å²) in [5, 5.41) is 2.81. The van der Waals surface area contributed by atoms with Gasteiger partial charge in [-0.3, -0.25) is 9.36 Å². The molecule has 1 heterocycles. The highest BCUT2D eigenvalue weighted by atomic mass is 16.5. The summed E-state index contributed by atoms with van der Waals surface area (Å²) in [6.07, 6.45) is 0.343. The smallest absolute Gasteiger partial charge is 0.326 e. The number of rotatable bonds is 8. The van der Waals surface area contributed by atoms with E-state index >= 15 is 0 Å². The van der Waals surface area contributed by atoms with Crippen molar-refractivity contribution in [2.24, 2.45) is 5.92 Å². The van der Waals surface area contributed by atoms with Crippen LogP contribution in [0.5, 0.6) is 0 Å².